The van der Waals surface area contributed by atoms with E-state index in [4.69, 9.17) is 12.6 Å². The van der Waals surface area contributed by atoms with Crippen LogP contribution >= 0.6 is 25.3 Å². The molecule has 0 aromatic heterocycles. The lowest BCUT2D eigenvalue weighted by atomic mass is 10.0. The van der Waals surface area contributed by atoms with Gasteiger partial charge >= 0.3 is 0 Å². The molecule has 0 aliphatic rings. The summed E-state index contributed by atoms with van der Waals surface area (Å²) < 4.78 is 0.0175. The van der Waals surface area contributed by atoms with E-state index in [0.29, 0.717) is 6.04 Å². The standard InChI is InChI=1S/C16H37N3S2/c1-6-7-8-9-17-12-14(16(4,5)21)19-11-10-18-13-15(2,3)20/h14,17-21H,6-13H2,1-5H3. The van der Waals surface area contributed by atoms with E-state index in [0.717, 1.165) is 32.7 Å². The minimum atomic E-state index is -0.0272. The van der Waals surface area contributed by atoms with Crippen LogP contribution in [0.2, 0.25) is 0 Å². The Bertz CT molecular complexity index is 247. The van der Waals surface area contributed by atoms with Crippen molar-refractivity contribution >= 4 is 25.3 Å². The van der Waals surface area contributed by atoms with Crippen LogP contribution in [0.15, 0.2) is 0 Å². The number of thiol groups is 2. The van der Waals surface area contributed by atoms with Crippen molar-refractivity contribution in [3.63, 3.8) is 0 Å². The molecule has 5 heteroatoms. The van der Waals surface area contributed by atoms with Crippen LogP contribution in [0.3, 0.4) is 0 Å². The second-order valence-electron chi connectivity index (χ2n) is 7.06. The Kier molecular flexibility index (Phi) is 11.5. The summed E-state index contributed by atoms with van der Waals surface area (Å²) in [7, 11) is 0. The SMILES string of the molecule is CCCCCNCC(NCCNCC(C)(C)S)C(C)(C)S. The first-order valence-electron chi connectivity index (χ1n) is 8.26. The van der Waals surface area contributed by atoms with Gasteiger partial charge in [0.25, 0.3) is 0 Å². The smallest absolute Gasteiger partial charge is 0.0332 e. The zero-order valence-electron chi connectivity index (χ0n) is 14.6. The van der Waals surface area contributed by atoms with Gasteiger partial charge in [-0.15, -0.1) is 0 Å². The average molecular weight is 336 g/mol. The van der Waals surface area contributed by atoms with Crippen LogP contribution in [0.4, 0.5) is 0 Å². The molecule has 0 rings (SSSR count). The third-order valence-electron chi connectivity index (χ3n) is 3.41. The minimum Gasteiger partial charge on any atom is -0.315 e. The lowest BCUT2D eigenvalue weighted by molar-refractivity contribution is 0.403. The van der Waals surface area contributed by atoms with Gasteiger partial charge in [-0.2, -0.15) is 25.3 Å². The van der Waals surface area contributed by atoms with Gasteiger partial charge in [0.15, 0.2) is 0 Å². The Morgan fingerprint density at radius 3 is 2.10 bits per heavy atom. The maximum atomic E-state index is 4.73. The largest absolute Gasteiger partial charge is 0.315 e. The molecule has 0 bridgehead atoms. The van der Waals surface area contributed by atoms with Crippen LogP contribution in [0, 0.1) is 0 Å². The highest BCUT2D eigenvalue weighted by molar-refractivity contribution is 7.82. The summed E-state index contributed by atoms with van der Waals surface area (Å²) in [4.78, 5) is 0. The van der Waals surface area contributed by atoms with Crippen molar-refractivity contribution in [2.75, 3.05) is 32.7 Å². The van der Waals surface area contributed by atoms with Gasteiger partial charge in [-0.05, 0) is 40.7 Å². The van der Waals surface area contributed by atoms with Crippen LogP contribution < -0.4 is 16.0 Å². The van der Waals surface area contributed by atoms with Gasteiger partial charge in [0, 0.05) is 41.7 Å². The van der Waals surface area contributed by atoms with Gasteiger partial charge in [-0.3, -0.25) is 0 Å². The lowest BCUT2D eigenvalue weighted by Crippen LogP contribution is -2.51. The summed E-state index contributed by atoms with van der Waals surface area (Å²) in [6.45, 7) is 15.7. The van der Waals surface area contributed by atoms with E-state index in [-0.39, 0.29) is 9.49 Å². The number of unbranched alkanes of at least 4 members (excludes halogenated alkanes) is 2. The average Bonchev–Trinajstić information content (AvgIpc) is 2.33. The number of rotatable bonds is 13. The molecule has 0 amide bonds. The molecule has 0 aliphatic carbocycles. The normalized spacial score (nSPS) is 14.4. The molecule has 3 nitrogen and oxygen atoms in total. The molecule has 1 unspecified atom stereocenters. The number of hydrogen-bond donors (Lipinski definition) is 5. The third kappa shape index (κ3) is 13.9. The van der Waals surface area contributed by atoms with E-state index in [1.165, 1.54) is 19.3 Å². The minimum absolute atomic E-state index is 0.0272. The predicted octanol–water partition coefficient (Wildman–Crippen LogP) is 2.73. The molecular weight excluding hydrogens is 298 g/mol. The maximum Gasteiger partial charge on any atom is 0.0332 e. The zero-order valence-corrected chi connectivity index (χ0v) is 16.4. The van der Waals surface area contributed by atoms with E-state index >= 15 is 0 Å². The summed E-state index contributed by atoms with van der Waals surface area (Å²) in [6.07, 6.45) is 3.84. The van der Waals surface area contributed by atoms with E-state index in [2.05, 4.69) is 63.2 Å². The molecule has 21 heavy (non-hydrogen) atoms. The van der Waals surface area contributed by atoms with E-state index in [1.807, 2.05) is 0 Å². The summed E-state index contributed by atoms with van der Waals surface area (Å²) >= 11 is 9.24. The van der Waals surface area contributed by atoms with Gasteiger partial charge < -0.3 is 16.0 Å². The molecule has 0 aromatic carbocycles. The second kappa shape index (κ2) is 11.2. The highest BCUT2D eigenvalue weighted by atomic mass is 32.1. The van der Waals surface area contributed by atoms with Crippen molar-refractivity contribution in [2.45, 2.75) is 69.4 Å². The molecule has 0 aliphatic heterocycles. The van der Waals surface area contributed by atoms with Gasteiger partial charge in [-0.1, -0.05) is 19.8 Å². The number of hydrogen-bond acceptors (Lipinski definition) is 5. The fourth-order valence-corrected chi connectivity index (χ4v) is 2.34. The van der Waals surface area contributed by atoms with Crippen molar-refractivity contribution < 1.29 is 0 Å². The first kappa shape index (κ1) is 21.6. The molecule has 1 atom stereocenters. The molecule has 0 heterocycles. The van der Waals surface area contributed by atoms with Crippen molar-refractivity contribution in [1.29, 1.82) is 0 Å². The highest BCUT2D eigenvalue weighted by Gasteiger charge is 2.24. The molecular formula is C16H37N3S2. The van der Waals surface area contributed by atoms with E-state index in [1.54, 1.807) is 0 Å². The molecule has 3 N–H and O–H groups in total. The highest BCUT2D eigenvalue weighted by Crippen LogP contribution is 2.17. The summed E-state index contributed by atoms with van der Waals surface area (Å²) in [5.74, 6) is 0. The molecule has 0 aromatic rings. The zero-order chi connectivity index (χ0) is 16.4. The van der Waals surface area contributed by atoms with Gasteiger partial charge in [0.2, 0.25) is 0 Å². The summed E-state index contributed by atoms with van der Waals surface area (Å²) in [5.41, 5.74) is 0. The van der Waals surface area contributed by atoms with Gasteiger partial charge in [0.1, 0.15) is 0 Å². The monoisotopic (exact) mass is 335 g/mol. The maximum absolute atomic E-state index is 4.73. The summed E-state index contributed by atoms with van der Waals surface area (Å²) in [5, 5.41) is 10.6. The van der Waals surface area contributed by atoms with Crippen molar-refractivity contribution in [1.82, 2.24) is 16.0 Å². The first-order valence-corrected chi connectivity index (χ1v) is 9.16. The van der Waals surface area contributed by atoms with Crippen LogP contribution in [0.25, 0.3) is 0 Å². The van der Waals surface area contributed by atoms with Crippen LogP contribution in [0.5, 0.6) is 0 Å². The van der Waals surface area contributed by atoms with Gasteiger partial charge in [-0.25, -0.2) is 0 Å². The Morgan fingerprint density at radius 2 is 1.57 bits per heavy atom. The van der Waals surface area contributed by atoms with E-state index in [9.17, 15) is 0 Å². The first-order chi connectivity index (χ1) is 9.67. The third-order valence-corrected chi connectivity index (χ3v) is 3.88. The molecule has 0 saturated carbocycles. The fraction of sp³-hybridized carbons (Fsp3) is 1.00. The Hall–Kier alpha value is 0.580. The Morgan fingerprint density at radius 1 is 0.905 bits per heavy atom. The van der Waals surface area contributed by atoms with Crippen molar-refractivity contribution in [2.24, 2.45) is 0 Å². The molecule has 0 radical (unpaired) electrons. The van der Waals surface area contributed by atoms with Crippen LogP contribution in [0.1, 0.15) is 53.9 Å². The Balaban J connectivity index is 3.87. The quantitative estimate of drug-likeness (QED) is 0.265. The predicted molar refractivity (Wildman–Crippen MR) is 103 cm³/mol. The topological polar surface area (TPSA) is 36.1 Å². The fourth-order valence-electron chi connectivity index (χ4n) is 2.05. The van der Waals surface area contributed by atoms with Crippen molar-refractivity contribution in [3.8, 4) is 0 Å². The van der Waals surface area contributed by atoms with Crippen molar-refractivity contribution in [3.05, 3.63) is 0 Å². The Labute approximate surface area is 143 Å². The molecule has 0 spiro atoms. The molecule has 128 valence electrons. The second-order valence-corrected chi connectivity index (χ2v) is 9.42. The van der Waals surface area contributed by atoms with E-state index < -0.39 is 0 Å². The lowest BCUT2D eigenvalue weighted by Gasteiger charge is -2.31. The van der Waals surface area contributed by atoms with Gasteiger partial charge in [0.05, 0.1) is 0 Å². The van der Waals surface area contributed by atoms with Crippen LogP contribution in [-0.4, -0.2) is 48.3 Å². The molecule has 0 saturated heterocycles. The number of nitrogens with one attached hydrogen (secondary N) is 3. The summed E-state index contributed by atoms with van der Waals surface area (Å²) in [6, 6.07) is 0.369. The van der Waals surface area contributed by atoms with Crippen LogP contribution in [-0.2, 0) is 0 Å². The molecule has 0 fully saturated rings.